The fourth-order valence-corrected chi connectivity index (χ4v) is 1.27. The highest BCUT2D eigenvalue weighted by Gasteiger charge is 1.97. The van der Waals surface area contributed by atoms with Crippen molar-refractivity contribution in [1.29, 1.82) is 0 Å². The molecule has 2 aromatic rings. The molecule has 0 unspecified atom stereocenters. The first kappa shape index (κ1) is 7.86. The number of carbonyl (C=O) groups excluding carboxylic acids is 1. The molecule has 1 amide bonds. The van der Waals surface area contributed by atoms with E-state index in [1.807, 2.05) is 24.3 Å². The summed E-state index contributed by atoms with van der Waals surface area (Å²) in [7, 11) is 0. The van der Waals surface area contributed by atoms with Crippen LogP contribution in [0.3, 0.4) is 0 Å². The molecule has 1 radical (unpaired) electrons. The topological polar surface area (TPSA) is 44.9 Å². The van der Waals surface area contributed by atoms with E-state index in [0.29, 0.717) is 0 Å². The third-order valence-electron chi connectivity index (χ3n) is 1.81. The van der Waals surface area contributed by atoms with Gasteiger partial charge in [0.25, 0.3) is 0 Å². The van der Waals surface area contributed by atoms with E-state index in [-0.39, 0.29) is 5.91 Å². The molecule has 2 N–H and O–H groups in total. The number of aromatic nitrogens is 1. The van der Waals surface area contributed by atoms with Crippen LogP contribution in [0.15, 0.2) is 24.3 Å². The van der Waals surface area contributed by atoms with Crippen LogP contribution in [0.5, 0.6) is 0 Å². The highest BCUT2D eigenvalue weighted by Crippen LogP contribution is 2.17. The normalized spacial score (nSPS) is 10.2. The lowest BCUT2D eigenvalue weighted by atomic mass is 10.2. The number of nitrogens with one attached hydrogen (secondary N) is 2. The Kier molecular flexibility index (Phi) is 1.77. The van der Waals surface area contributed by atoms with Gasteiger partial charge >= 0.3 is 0 Å². The minimum absolute atomic E-state index is 0.0566. The van der Waals surface area contributed by atoms with Gasteiger partial charge in [-0.05, 0) is 24.3 Å². The summed E-state index contributed by atoms with van der Waals surface area (Å²) in [6.07, 6.45) is 2.88. The minimum Gasteiger partial charge on any atom is -0.353 e. The molecule has 1 heterocycles. The Morgan fingerprint density at radius 2 is 2.38 bits per heavy atom. The SMILES string of the molecule is CC(=O)Nc1ccc2[nH][c]cc2c1. The zero-order valence-corrected chi connectivity index (χ0v) is 7.22. The Balaban J connectivity index is 2.42. The first-order chi connectivity index (χ1) is 6.25. The molecular formula is C10H9N2O. The van der Waals surface area contributed by atoms with E-state index in [2.05, 4.69) is 16.5 Å². The number of anilines is 1. The maximum Gasteiger partial charge on any atom is 0.221 e. The van der Waals surface area contributed by atoms with Crippen molar-refractivity contribution in [3.63, 3.8) is 0 Å². The zero-order chi connectivity index (χ0) is 9.26. The summed E-state index contributed by atoms with van der Waals surface area (Å²) < 4.78 is 0. The van der Waals surface area contributed by atoms with E-state index >= 15 is 0 Å². The maximum atomic E-state index is 10.8. The summed E-state index contributed by atoms with van der Waals surface area (Å²) in [4.78, 5) is 13.7. The lowest BCUT2D eigenvalue weighted by Crippen LogP contribution is -2.05. The van der Waals surface area contributed by atoms with Gasteiger partial charge < -0.3 is 10.3 Å². The Bertz CT molecular complexity index is 445. The van der Waals surface area contributed by atoms with Gasteiger partial charge in [-0.2, -0.15) is 0 Å². The summed E-state index contributed by atoms with van der Waals surface area (Å²) in [6.45, 7) is 1.49. The Morgan fingerprint density at radius 1 is 1.54 bits per heavy atom. The predicted molar refractivity (Wildman–Crippen MR) is 51.4 cm³/mol. The van der Waals surface area contributed by atoms with Crippen LogP contribution in [0, 0.1) is 6.20 Å². The van der Waals surface area contributed by atoms with Gasteiger partial charge in [-0.1, -0.05) is 0 Å². The van der Waals surface area contributed by atoms with Gasteiger partial charge in [0.2, 0.25) is 5.91 Å². The molecule has 1 aromatic heterocycles. The monoisotopic (exact) mass is 173 g/mol. The molecule has 65 valence electrons. The maximum absolute atomic E-state index is 10.8. The number of aromatic amines is 1. The zero-order valence-electron chi connectivity index (χ0n) is 7.22. The Labute approximate surface area is 75.8 Å². The van der Waals surface area contributed by atoms with Crippen molar-refractivity contribution in [3.05, 3.63) is 30.5 Å². The van der Waals surface area contributed by atoms with Crippen LogP contribution in [-0.4, -0.2) is 10.9 Å². The number of fused-ring (bicyclic) bond motifs is 1. The average molecular weight is 173 g/mol. The van der Waals surface area contributed by atoms with Gasteiger partial charge in [-0.25, -0.2) is 0 Å². The molecule has 3 heteroatoms. The molecule has 0 fully saturated rings. The Morgan fingerprint density at radius 3 is 3.15 bits per heavy atom. The standard InChI is InChI=1S/C10H9N2O/c1-7(13)12-9-2-3-10-8(6-9)4-5-11-10/h2-4,6,11H,1H3,(H,12,13). The number of benzene rings is 1. The minimum atomic E-state index is -0.0566. The van der Waals surface area contributed by atoms with Crippen LogP contribution in [0.1, 0.15) is 6.92 Å². The second-order valence-corrected chi connectivity index (χ2v) is 2.90. The van der Waals surface area contributed by atoms with Gasteiger partial charge in [-0.3, -0.25) is 4.79 Å². The van der Waals surface area contributed by atoms with Crippen molar-refractivity contribution < 1.29 is 4.79 Å². The number of hydrogen-bond donors (Lipinski definition) is 2. The fourth-order valence-electron chi connectivity index (χ4n) is 1.27. The second kappa shape index (κ2) is 2.94. The molecule has 0 aliphatic rings. The molecule has 0 bridgehead atoms. The van der Waals surface area contributed by atoms with Crippen molar-refractivity contribution in [3.8, 4) is 0 Å². The van der Waals surface area contributed by atoms with Crippen LogP contribution in [0.4, 0.5) is 5.69 Å². The number of H-pyrrole nitrogens is 1. The van der Waals surface area contributed by atoms with E-state index in [0.717, 1.165) is 16.6 Å². The number of hydrogen-bond acceptors (Lipinski definition) is 1. The van der Waals surface area contributed by atoms with Gasteiger partial charge in [0.05, 0.1) is 6.20 Å². The van der Waals surface area contributed by atoms with E-state index in [1.165, 1.54) is 6.92 Å². The molecule has 3 nitrogen and oxygen atoms in total. The molecular weight excluding hydrogens is 164 g/mol. The molecule has 0 aliphatic heterocycles. The molecule has 2 rings (SSSR count). The van der Waals surface area contributed by atoms with Crippen LogP contribution >= 0.6 is 0 Å². The van der Waals surface area contributed by atoms with Crippen LogP contribution in [-0.2, 0) is 4.79 Å². The van der Waals surface area contributed by atoms with Crippen molar-refractivity contribution >= 4 is 22.5 Å². The third-order valence-corrected chi connectivity index (χ3v) is 1.81. The molecule has 0 saturated carbocycles. The molecule has 1 aromatic carbocycles. The van der Waals surface area contributed by atoms with Crippen molar-refractivity contribution in [2.24, 2.45) is 0 Å². The predicted octanol–water partition coefficient (Wildman–Crippen LogP) is 1.93. The van der Waals surface area contributed by atoms with E-state index in [1.54, 1.807) is 0 Å². The first-order valence-corrected chi connectivity index (χ1v) is 4.02. The summed E-state index contributed by atoms with van der Waals surface area (Å²) in [6, 6.07) is 7.52. The third kappa shape index (κ3) is 1.54. The van der Waals surface area contributed by atoms with E-state index < -0.39 is 0 Å². The van der Waals surface area contributed by atoms with Gasteiger partial charge in [-0.15, -0.1) is 0 Å². The van der Waals surface area contributed by atoms with Gasteiger partial charge in [0.1, 0.15) is 0 Å². The molecule has 0 saturated heterocycles. The summed E-state index contributed by atoms with van der Waals surface area (Å²) in [5.74, 6) is -0.0566. The van der Waals surface area contributed by atoms with Gasteiger partial charge in [0, 0.05) is 23.5 Å². The molecule has 0 atom stereocenters. The number of carbonyl (C=O) groups is 1. The first-order valence-electron chi connectivity index (χ1n) is 4.02. The quantitative estimate of drug-likeness (QED) is 0.680. The van der Waals surface area contributed by atoms with Gasteiger partial charge in [0.15, 0.2) is 0 Å². The van der Waals surface area contributed by atoms with Crippen molar-refractivity contribution in [1.82, 2.24) is 4.98 Å². The molecule has 0 spiro atoms. The van der Waals surface area contributed by atoms with E-state index in [4.69, 9.17) is 0 Å². The van der Waals surface area contributed by atoms with E-state index in [9.17, 15) is 4.79 Å². The number of rotatable bonds is 1. The second-order valence-electron chi connectivity index (χ2n) is 2.90. The average Bonchev–Trinajstić information content (AvgIpc) is 2.49. The largest absolute Gasteiger partial charge is 0.353 e. The highest BCUT2D eigenvalue weighted by molar-refractivity contribution is 5.92. The molecule has 0 aliphatic carbocycles. The van der Waals surface area contributed by atoms with Crippen LogP contribution in [0.25, 0.3) is 10.9 Å². The van der Waals surface area contributed by atoms with Crippen LogP contribution < -0.4 is 5.32 Å². The lowest BCUT2D eigenvalue weighted by molar-refractivity contribution is -0.114. The fraction of sp³-hybridized carbons (Fsp3) is 0.100. The highest BCUT2D eigenvalue weighted by atomic mass is 16.1. The van der Waals surface area contributed by atoms with Crippen LogP contribution in [0.2, 0.25) is 0 Å². The molecule has 13 heavy (non-hydrogen) atoms. The van der Waals surface area contributed by atoms with Crippen molar-refractivity contribution in [2.45, 2.75) is 6.92 Å². The Hall–Kier alpha value is -1.77. The summed E-state index contributed by atoms with van der Waals surface area (Å²) >= 11 is 0. The lowest BCUT2D eigenvalue weighted by Gasteiger charge is -2.00. The smallest absolute Gasteiger partial charge is 0.221 e. The summed E-state index contributed by atoms with van der Waals surface area (Å²) in [5.41, 5.74) is 1.84. The number of amides is 1. The van der Waals surface area contributed by atoms with Crippen molar-refractivity contribution in [2.75, 3.05) is 5.32 Å². The summed E-state index contributed by atoms with van der Waals surface area (Å²) in [5, 5.41) is 3.77.